The van der Waals surface area contributed by atoms with Crippen LogP contribution < -0.4 is 0 Å². The Bertz CT molecular complexity index is 266. The van der Waals surface area contributed by atoms with Gasteiger partial charge in [-0.05, 0) is 25.2 Å². The molecule has 0 amide bonds. The number of aliphatic carboxylic acids is 2. The molecule has 4 heteroatoms. The third kappa shape index (κ3) is 2.70. The zero-order valence-electron chi connectivity index (χ0n) is 10.00. The first-order valence-corrected chi connectivity index (χ1v) is 4.98. The van der Waals surface area contributed by atoms with E-state index >= 15 is 0 Å². The molecule has 4 nitrogen and oxygen atoms in total. The van der Waals surface area contributed by atoms with Gasteiger partial charge in [0.1, 0.15) is 0 Å². The largest absolute Gasteiger partial charge is 0.481 e. The van der Waals surface area contributed by atoms with Crippen molar-refractivity contribution >= 4 is 11.9 Å². The Balaban J connectivity index is 4.95. The van der Waals surface area contributed by atoms with E-state index in [0.29, 0.717) is 0 Å². The van der Waals surface area contributed by atoms with Crippen molar-refractivity contribution in [1.29, 1.82) is 0 Å². The average Bonchev–Trinajstić information content (AvgIpc) is 2.01. The predicted molar refractivity (Wildman–Crippen MR) is 56.6 cm³/mol. The summed E-state index contributed by atoms with van der Waals surface area (Å²) in [5, 5.41) is 17.8. The van der Waals surface area contributed by atoms with Gasteiger partial charge in [0.25, 0.3) is 0 Å². The third-order valence-electron chi connectivity index (χ3n) is 3.86. The molecule has 0 aliphatic carbocycles. The minimum Gasteiger partial charge on any atom is -0.481 e. The van der Waals surface area contributed by atoms with Gasteiger partial charge in [-0.2, -0.15) is 0 Å². The molecule has 0 spiro atoms. The van der Waals surface area contributed by atoms with E-state index in [1.54, 1.807) is 34.6 Å². The van der Waals surface area contributed by atoms with Gasteiger partial charge in [-0.15, -0.1) is 0 Å². The van der Waals surface area contributed by atoms with E-state index in [9.17, 15) is 9.59 Å². The molecule has 0 aromatic rings. The molecule has 0 heterocycles. The van der Waals surface area contributed by atoms with Crippen molar-refractivity contribution in [2.75, 3.05) is 0 Å². The second-order valence-corrected chi connectivity index (χ2v) is 5.15. The average molecular weight is 216 g/mol. The summed E-state index contributed by atoms with van der Waals surface area (Å²) in [5.41, 5.74) is -1.51. The van der Waals surface area contributed by atoms with Crippen molar-refractivity contribution < 1.29 is 19.8 Å². The maximum absolute atomic E-state index is 11.1. The first-order valence-electron chi connectivity index (χ1n) is 4.98. The van der Waals surface area contributed by atoms with Crippen LogP contribution in [-0.4, -0.2) is 22.2 Å². The number of carbonyl (C=O) groups is 2. The van der Waals surface area contributed by atoms with Crippen LogP contribution in [0.15, 0.2) is 0 Å². The molecule has 0 aliphatic heterocycles. The van der Waals surface area contributed by atoms with E-state index in [0.717, 1.165) is 0 Å². The molecule has 88 valence electrons. The highest BCUT2D eigenvalue weighted by Crippen LogP contribution is 2.45. The van der Waals surface area contributed by atoms with Crippen LogP contribution in [0.5, 0.6) is 0 Å². The second-order valence-electron chi connectivity index (χ2n) is 5.15. The highest BCUT2D eigenvalue weighted by molar-refractivity contribution is 5.75. The fourth-order valence-corrected chi connectivity index (χ4v) is 1.41. The number of hydrogen-bond acceptors (Lipinski definition) is 2. The lowest BCUT2D eigenvalue weighted by Crippen LogP contribution is -2.44. The minimum absolute atomic E-state index is 0.0102. The molecule has 0 aliphatic rings. The molecule has 1 atom stereocenters. The molecule has 0 rings (SSSR count). The minimum atomic E-state index is -0.943. The molecule has 0 aromatic heterocycles. The summed E-state index contributed by atoms with van der Waals surface area (Å²) in [5.74, 6) is -1.98. The van der Waals surface area contributed by atoms with E-state index in [4.69, 9.17) is 10.2 Å². The van der Waals surface area contributed by atoms with Crippen molar-refractivity contribution in [3.63, 3.8) is 0 Å². The highest BCUT2D eigenvalue weighted by Gasteiger charge is 2.46. The molecule has 0 bridgehead atoms. The van der Waals surface area contributed by atoms with Crippen LogP contribution in [0.3, 0.4) is 0 Å². The van der Waals surface area contributed by atoms with Crippen LogP contribution in [0.1, 0.15) is 41.0 Å². The van der Waals surface area contributed by atoms with Crippen molar-refractivity contribution in [2.24, 2.45) is 16.7 Å². The van der Waals surface area contributed by atoms with Crippen LogP contribution in [0.2, 0.25) is 0 Å². The topological polar surface area (TPSA) is 74.6 Å². The summed E-state index contributed by atoms with van der Waals surface area (Å²) in [4.78, 5) is 21.7. The van der Waals surface area contributed by atoms with Gasteiger partial charge >= 0.3 is 11.9 Å². The number of carboxylic acid groups (broad SMARTS) is 2. The molecule has 0 aromatic carbocycles. The lowest BCUT2D eigenvalue weighted by atomic mass is 9.61. The van der Waals surface area contributed by atoms with E-state index in [-0.39, 0.29) is 12.3 Å². The van der Waals surface area contributed by atoms with Crippen LogP contribution in [-0.2, 0) is 9.59 Å². The molecular weight excluding hydrogens is 196 g/mol. The number of rotatable bonds is 5. The predicted octanol–water partition coefficient (Wildman–Crippen LogP) is 2.23. The molecule has 2 N–H and O–H groups in total. The van der Waals surface area contributed by atoms with Gasteiger partial charge < -0.3 is 10.2 Å². The van der Waals surface area contributed by atoms with Crippen molar-refractivity contribution in [3.8, 4) is 0 Å². The molecule has 0 radical (unpaired) electrons. The maximum Gasteiger partial charge on any atom is 0.309 e. The summed E-state index contributed by atoms with van der Waals surface area (Å²) in [6.07, 6.45) is -0.0102. The Morgan fingerprint density at radius 1 is 1.13 bits per heavy atom. The second kappa shape index (κ2) is 4.21. The maximum atomic E-state index is 11.1. The van der Waals surface area contributed by atoms with Gasteiger partial charge in [-0.3, -0.25) is 9.59 Å². The fraction of sp³-hybridized carbons (Fsp3) is 0.818. The van der Waals surface area contributed by atoms with Gasteiger partial charge in [0.15, 0.2) is 0 Å². The lowest BCUT2D eigenvalue weighted by molar-refractivity contribution is -0.158. The molecule has 1 unspecified atom stereocenters. The van der Waals surface area contributed by atoms with Crippen molar-refractivity contribution in [2.45, 2.75) is 41.0 Å². The normalized spacial score (nSPS) is 14.7. The zero-order chi connectivity index (χ0) is 12.4. The van der Waals surface area contributed by atoms with Crippen molar-refractivity contribution in [1.82, 2.24) is 0 Å². The van der Waals surface area contributed by atoms with E-state index in [1.807, 2.05) is 0 Å². The SMILES string of the molecule is CC(CC(=O)O)C(C)(C)C(C)(C)C(=O)O. The summed E-state index contributed by atoms with van der Waals surface area (Å²) < 4.78 is 0. The van der Waals surface area contributed by atoms with Gasteiger partial charge in [0, 0.05) is 6.42 Å². The standard InChI is InChI=1S/C11H20O4/c1-7(6-8(12)13)10(2,3)11(4,5)9(14)15/h7H,6H2,1-5H3,(H,12,13)(H,14,15). The zero-order valence-corrected chi connectivity index (χ0v) is 10.00. The Hall–Kier alpha value is -1.06. The quantitative estimate of drug-likeness (QED) is 0.739. The summed E-state index contributed by atoms with van der Waals surface area (Å²) in [6.45, 7) is 8.64. The first-order chi connectivity index (χ1) is 6.53. The van der Waals surface area contributed by atoms with Gasteiger partial charge in [0.05, 0.1) is 5.41 Å². The van der Waals surface area contributed by atoms with Gasteiger partial charge in [-0.25, -0.2) is 0 Å². The smallest absolute Gasteiger partial charge is 0.309 e. The monoisotopic (exact) mass is 216 g/mol. The van der Waals surface area contributed by atoms with E-state index in [1.165, 1.54) is 0 Å². The molecule has 0 saturated carbocycles. The van der Waals surface area contributed by atoms with Crippen LogP contribution in [0, 0.1) is 16.7 Å². The summed E-state index contributed by atoms with van der Waals surface area (Å²) in [7, 11) is 0. The Morgan fingerprint density at radius 2 is 1.53 bits per heavy atom. The third-order valence-corrected chi connectivity index (χ3v) is 3.86. The fourth-order valence-electron chi connectivity index (χ4n) is 1.41. The van der Waals surface area contributed by atoms with Crippen LogP contribution in [0.4, 0.5) is 0 Å². The molecular formula is C11H20O4. The Morgan fingerprint density at radius 3 is 1.80 bits per heavy atom. The number of hydrogen-bond donors (Lipinski definition) is 2. The van der Waals surface area contributed by atoms with Crippen LogP contribution in [0.25, 0.3) is 0 Å². The first kappa shape index (κ1) is 13.9. The van der Waals surface area contributed by atoms with E-state index < -0.39 is 22.8 Å². The van der Waals surface area contributed by atoms with Crippen molar-refractivity contribution in [3.05, 3.63) is 0 Å². The van der Waals surface area contributed by atoms with Gasteiger partial charge in [0.2, 0.25) is 0 Å². The number of carboxylic acids is 2. The Kier molecular flexibility index (Phi) is 3.91. The summed E-state index contributed by atoms with van der Waals surface area (Å²) in [6, 6.07) is 0. The molecule has 15 heavy (non-hydrogen) atoms. The Labute approximate surface area is 90.3 Å². The highest BCUT2D eigenvalue weighted by atomic mass is 16.4. The molecule has 0 fully saturated rings. The summed E-state index contributed by atoms with van der Waals surface area (Å²) >= 11 is 0. The van der Waals surface area contributed by atoms with E-state index in [2.05, 4.69) is 0 Å². The lowest BCUT2D eigenvalue weighted by Gasteiger charge is -2.42. The molecule has 0 saturated heterocycles. The van der Waals surface area contributed by atoms with Crippen LogP contribution >= 0.6 is 0 Å². The van der Waals surface area contributed by atoms with Gasteiger partial charge in [-0.1, -0.05) is 20.8 Å².